The predicted octanol–water partition coefficient (Wildman–Crippen LogP) is 1.02. The first-order valence-electron chi connectivity index (χ1n) is 10.1. The van der Waals surface area contributed by atoms with Gasteiger partial charge in [0.2, 0.25) is 11.8 Å². The molecule has 7 nitrogen and oxygen atoms in total. The largest absolute Gasteiger partial charge is 0.381 e. The molecule has 0 N–H and O–H groups in total. The lowest BCUT2D eigenvalue weighted by atomic mass is 9.91. The molecule has 4 heterocycles. The van der Waals surface area contributed by atoms with E-state index < -0.39 is 5.79 Å². The third-order valence-electron chi connectivity index (χ3n) is 6.38. The Morgan fingerprint density at radius 3 is 1.77 bits per heavy atom. The Hall–Kier alpha value is -1.18. The van der Waals surface area contributed by atoms with Crippen molar-refractivity contribution in [3.8, 4) is 0 Å². The standard InChI is InChI=1S/C19H30N2O5/c22-17(21-9-5-19(6-10-21)25-13-14-26-19)15-1-7-20(8-2-15)18(23)16-3-11-24-12-4-16/h15-16H,1-14H2. The van der Waals surface area contributed by atoms with Crippen LogP contribution in [0.15, 0.2) is 0 Å². The highest BCUT2D eigenvalue weighted by molar-refractivity contribution is 5.81. The lowest BCUT2D eigenvalue weighted by molar-refractivity contribution is -0.188. The van der Waals surface area contributed by atoms with E-state index >= 15 is 0 Å². The van der Waals surface area contributed by atoms with Crippen molar-refractivity contribution in [1.82, 2.24) is 9.80 Å². The minimum absolute atomic E-state index is 0.0493. The Balaban J connectivity index is 1.24. The van der Waals surface area contributed by atoms with Crippen LogP contribution in [0, 0.1) is 11.8 Å². The summed E-state index contributed by atoms with van der Waals surface area (Å²) in [6, 6.07) is 0. The van der Waals surface area contributed by atoms with E-state index in [4.69, 9.17) is 14.2 Å². The Kier molecular flexibility index (Phi) is 5.47. The highest BCUT2D eigenvalue weighted by atomic mass is 16.7. The Labute approximate surface area is 154 Å². The molecule has 26 heavy (non-hydrogen) atoms. The number of carbonyl (C=O) groups excluding carboxylic acids is 2. The first-order valence-corrected chi connectivity index (χ1v) is 10.1. The van der Waals surface area contributed by atoms with E-state index in [0.717, 1.165) is 38.5 Å². The second-order valence-corrected chi connectivity index (χ2v) is 7.92. The van der Waals surface area contributed by atoms with Gasteiger partial charge in [-0.3, -0.25) is 9.59 Å². The van der Waals surface area contributed by atoms with Crippen LogP contribution in [0.2, 0.25) is 0 Å². The molecule has 0 aromatic carbocycles. The highest BCUT2D eigenvalue weighted by Gasteiger charge is 2.42. The molecule has 4 aliphatic rings. The minimum Gasteiger partial charge on any atom is -0.381 e. The normalized spacial score (nSPS) is 27.8. The van der Waals surface area contributed by atoms with Crippen LogP contribution in [0.1, 0.15) is 38.5 Å². The third-order valence-corrected chi connectivity index (χ3v) is 6.38. The summed E-state index contributed by atoms with van der Waals surface area (Å²) in [6.07, 6.45) is 4.75. The average Bonchev–Trinajstić information content (AvgIpc) is 3.16. The molecule has 2 amide bonds. The highest BCUT2D eigenvalue weighted by Crippen LogP contribution is 2.32. The number of rotatable bonds is 2. The van der Waals surface area contributed by atoms with Crippen LogP contribution in [0.3, 0.4) is 0 Å². The van der Waals surface area contributed by atoms with Gasteiger partial charge in [0.05, 0.1) is 13.2 Å². The summed E-state index contributed by atoms with van der Waals surface area (Å²) in [4.78, 5) is 29.4. The van der Waals surface area contributed by atoms with E-state index in [0.29, 0.717) is 52.6 Å². The Bertz CT molecular complexity index is 510. The van der Waals surface area contributed by atoms with Gasteiger partial charge in [-0.15, -0.1) is 0 Å². The molecule has 0 aromatic rings. The molecular formula is C19H30N2O5. The van der Waals surface area contributed by atoms with Crippen molar-refractivity contribution in [3.05, 3.63) is 0 Å². The van der Waals surface area contributed by atoms with Gasteiger partial charge in [-0.05, 0) is 25.7 Å². The lowest BCUT2D eigenvalue weighted by Crippen LogP contribution is -2.51. The summed E-state index contributed by atoms with van der Waals surface area (Å²) in [5.41, 5.74) is 0. The van der Waals surface area contributed by atoms with Crippen LogP contribution in [-0.2, 0) is 23.8 Å². The molecule has 0 atom stereocenters. The SMILES string of the molecule is O=C(C1CCOCC1)N1CCC(C(=O)N2CCC3(CC2)OCCO3)CC1. The number of nitrogens with zero attached hydrogens (tertiary/aromatic N) is 2. The summed E-state index contributed by atoms with van der Waals surface area (Å²) in [7, 11) is 0. The van der Waals surface area contributed by atoms with Gasteiger partial charge >= 0.3 is 0 Å². The molecule has 0 bridgehead atoms. The number of likely N-dealkylation sites (tertiary alicyclic amines) is 2. The van der Waals surface area contributed by atoms with E-state index in [-0.39, 0.29) is 23.7 Å². The van der Waals surface area contributed by atoms with Gasteiger partial charge in [-0.2, -0.15) is 0 Å². The summed E-state index contributed by atoms with van der Waals surface area (Å²) < 4.78 is 16.8. The van der Waals surface area contributed by atoms with Crippen LogP contribution < -0.4 is 0 Å². The smallest absolute Gasteiger partial charge is 0.225 e. The Morgan fingerprint density at radius 2 is 1.19 bits per heavy atom. The molecule has 146 valence electrons. The van der Waals surface area contributed by atoms with E-state index in [1.807, 2.05) is 9.80 Å². The van der Waals surface area contributed by atoms with E-state index in [1.165, 1.54) is 0 Å². The fourth-order valence-electron chi connectivity index (χ4n) is 4.66. The predicted molar refractivity (Wildman–Crippen MR) is 93.3 cm³/mol. The van der Waals surface area contributed by atoms with Crippen molar-refractivity contribution >= 4 is 11.8 Å². The second-order valence-electron chi connectivity index (χ2n) is 7.92. The number of ether oxygens (including phenoxy) is 3. The van der Waals surface area contributed by atoms with Gasteiger partial charge in [0.25, 0.3) is 0 Å². The fourth-order valence-corrected chi connectivity index (χ4v) is 4.66. The van der Waals surface area contributed by atoms with Gasteiger partial charge in [0.15, 0.2) is 5.79 Å². The van der Waals surface area contributed by atoms with E-state index in [2.05, 4.69) is 0 Å². The van der Waals surface area contributed by atoms with E-state index in [9.17, 15) is 9.59 Å². The molecular weight excluding hydrogens is 336 g/mol. The Morgan fingerprint density at radius 1 is 0.692 bits per heavy atom. The number of hydrogen-bond acceptors (Lipinski definition) is 5. The topological polar surface area (TPSA) is 68.3 Å². The van der Waals surface area contributed by atoms with Crippen molar-refractivity contribution in [2.75, 3.05) is 52.6 Å². The summed E-state index contributed by atoms with van der Waals surface area (Å²) in [5.74, 6) is 0.232. The van der Waals surface area contributed by atoms with Crippen molar-refractivity contribution < 1.29 is 23.8 Å². The van der Waals surface area contributed by atoms with Crippen molar-refractivity contribution in [1.29, 1.82) is 0 Å². The first kappa shape index (κ1) is 18.2. The van der Waals surface area contributed by atoms with Crippen LogP contribution in [0.4, 0.5) is 0 Å². The zero-order valence-corrected chi connectivity index (χ0v) is 15.5. The van der Waals surface area contributed by atoms with Crippen LogP contribution in [0.5, 0.6) is 0 Å². The molecule has 4 aliphatic heterocycles. The first-order chi connectivity index (χ1) is 12.7. The fraction of sp³-hybridized carbons (Fsp3) is 0.895. The number of carbonyl (C=O) groups is 2. The van der Waals surface area contributed by atoms with Gasteiger partial charge < -0.3 is 24.0 Å². The minimum atomic E-state index is -0.434. The molecule has 4 saturated heterocycles. The summed E-state index contributed by atoms with van der Waals surface area (Å²) >= 11 is 0. The van der Waals surface area contributed by atoms with Crippen LogP contribution >= 0.6 is 0 Å². The molecule has 0 aliphatic carbocycles. The zero-order chi connectivity index (χ0) is 18.0. The molecule has 7 heteroatoms. The average molecular weight is 366 g/mol. The molecule has 0 unspecified atom stereocenters. The molecule has 4 rings (SSSR count). The maximum Gasteiger partial charge on any atom is 0.225 e. The number of amides is 2. The van der Waals surface area contributed by atoms with Crippen LogP contribution in [-0.4, -0.2) is 80.0 Å². The van der Waals surface area contributed by atoms with Crippen molar-refractivity contribution in [3.63, 3.8) is 0 Å². The second kappa shape index (κ2) is 7.82. The number of hydrogen-bond donors (Lipinski definition) is 0. The van der Waals surface area contributed by atoms with Crippen LogP contribution in [0.25, 0.3) is 0 Å². The molecule has 0 saturated carbocycles. The van der Waals surface area contributed by atoms with Gasteiger partial charge in [-0.1, -0.05) is 0 Å². The maximum atomic E-state index is 12.9. The molecule has 4 fully saturated rings. The maximum absolute atomic E-state index is 12.9. The zero-order valence-electron chi connectivity index (χ0n) is 15.5. The van der Waals surface area contributed by atoms with Crippen molar-refractivity contribution in [2.24, 2.45) is 11.8 Å². The third kappa shape index (κ3) is 3.75. The van der Waals surface area contributed by atoms with Crippen molar-refractivity contribution in [2.45, 2.75) is 44.3 Å². The molecule has 1 spiro atoms. The monoisotopic (exact) mass is 366 g/mol. The molecule has 0 aromatic heterocycles. The lowest BCUT2D eigenvalue weighted by Gasteiger charge is -2.40. The molecule has 0 radical (unpaired) electrons. The number of piperidine rings is 2. The van der Waals surface area contributed by atoms with Gasteiger partial charge in [0, 0.05) is 64.1 Å². The summed E-state index contributed by atoms with van der Waals surface area (Å²) in [5, 5.41) is 0. The quantitative estimate of drug-likeness (QED) is 0.730. The van der Waals surface area contributed by atoms with E-state index in [1.54, 1.807) is 0 Å². The van der Waals surface area contributed by atoms with Gasteiger partial charge in [0.1, 0.15) is 0 Å². The summed E-state index contributed by atoms with van der Waals surface area (Å²) in [6.45, 7) is 5.53. The van der Waals surface area contributed by atoms with Gasteiger partial charge in [-0.25, -0.2) is 0 Å².